The lowest BCUT2D eigenvalue weighted by Crippen LogP contribution is -2.27. The zero-order valence-corrected chi connectivity index (χ0v) is 11.9. The van der Waals surface area contributed by atoms with E-state index >= 15 is 0 Å². The van der Waals surface area contributed by atoms with Crippen molar-refractivity contribution in [2.24, 2.45) is 5.73 Å². The average Bonchev–Trinajstić information content (AvgIpc) is 2.40. The van der Waals surface area contributed by atoms with E-state index in [1.54, 1.807) is 0 Å². The molecule has 0 amide bonds. The van der Waals surface area contributed by atoms with Crippen molar-refractivity contribution in [2.45, 2.75) is 45.6 Å². The van der Waals surface area contributed by atoms with Crippen molar-refractivity contribution in [3.63, 3.8) is 0 Å². The predicted molar refractivity (Wildman–Crippen MR) is 79.6 cm³/mol. The maximum atomic E-state index is 6.21. The fourth-order valence-electron chi connectivity index (χ4n) is 2.37. The Morgan fingerprint density at radius 2 is 1.61 bits per heavy atom. The van der Waals surface area contributed by atoms with Gasteiger partial charge in [0.15, 0.2) is 0 Å². The van der Waals surface area contributed by atoms with Crippen molar-refractivity contribution in [1.29, 1.82) is 0 Å². The molecule has 0 aromatic heterocycles. The van der Waals surface area contributed by atoms with E-state index in [4.69, 9.17) is 5.73 Å². The van der Waals surface area contributed by atoms with Gasteiger partial charge in [-0.25, -0.2) is 0 Å². The Bertz CT molecular complexity index is 291. The Labute approximate surface area is 112 Å². The molecule has 1 aromatic rings. The van der Waals surface area contributed by atoms with E-state index < -0.39 is 0 Å². The Kier molecular flexibility index (Phi) is 7.70. The van der Waals surface area contributed by atoms with Gasteiger partial charge in [-0.05, 0) is 50.9 Å². The number of hydrogen-bond donors (Lipinski definition) is 1. The minimum absolute atomic E-state index is 0.191. The zero-order valence-electron chi connectivity index (χ0n) is 11.9. The van der Waals surface area contributed by atoms with Crippen molar-refractivity contribution >= 4 is 0 Å². The molecule has 2 heteroatoms. The quantitative estimate of drug-likeness (QED) is 0.723. The van der Waals surface area contributed by atoms with E-state index in [9.17, 15) is 0 Å². The van der Waals surface area contributed by atoms with Gasteiger partial charge in [0, 0.05) is 6.04 Å². The number of hydrogen-bond acceptors (Lipinski definition) is 2. The minimum Gasteiger partial charge on any atom is -0.324 e. The van der Waals surface area contributed by atoms with Crippen molar-refractivity contribution in [1.82, 2.24) is 4.90 Å². The lowest BCUT2D eigenvalue weighted by atomic mass is 10.0. The summed E-state index contributed by atoms with van der Waals surface area (Å²) >= 11 is 0. The summed E-state index contributed by atoms with van der Waals surface area (Å²) in [5.74, 6) is 0. The van der Waals surface area contributed by atoms with Crippen LogP contribution in [0, 0.1) is 0 Å². The molecule has 2 nitrogen and oxygen atoms in total. The van der Waals surface area contributed by atoms with Crippen LogP contribution in [0.25, 0.3) is 0 Å². The first kappa shape index (κ1) is 15.2. The molecule has 0 heterocycles. The summed E-state index contributed by atoms with van der Waals surface area (Å²) in [4.78, 5) is 2.55. The summed E-state index contributed by atoms with van der Waals surface area (Å²) in [5.41, 5.74) is 7.47. The lowest BCUT2D eigenvalue weighted by Gasteiger charge is -2.21. The lowest BCUT2D eigenvalue weighted by molar-refractivity contribution is 0.266. The van der Waals surface area contributed by atoms with Crippen LogP contribution < -0.4 is 5.73 Å². The van der Waals surface area contributed by atoms with Crippen molar-refractivity contribution in [2.75, 3.05) is 19.6 Å². The molecule has 0 aliphatic rings. The number of rotatable bonds is 9. The van der Waals surface area contributed by atoms with Gasteiger partial charge in [0.05, 0.1) is 0 Å². The molecule has 2 N–H and O–H groups in total. The molecule has 0 saturated carbocycles. The maximum Gasteiger partial charge on any atom is 0.0295 e. The van der Waals surface area contributed by atoms with Crippen LogP contribution in [0.4, 0.5) is 0 Å². The van der Waals surface area contributed by atoms with Crippen LogP contribution in [0.15, 0.2) is 30.3 Å². The molecular formula is C16H28N2. The molecule has 102 valence electrons. The summed E-state index contributed by atoms with van der Waals surface area (Å²) in [7, 11) is 0. The van der Waals surface area contributed by atoms with Crippen LogP contribution in [0.3, 0.4) is 0 Å². The number of nitrogens with zero attached hydrogens (tertiary/aromatic N) is 1. The van der Waals surface area contributed by atoms with Gasteiger partial charge >= 0.3 is 0 Å². The van der Waals surface area contributed by atoms with Gasteiger partial charge < -0.3 is 10.6 Å². The van der Waals surface area contributed by atoms with E-state index in [1.807, 2.05) is 6.07 Å². The van der Waals surface area contributed by atoms with Gasteiger partial charge in [-0.2, -0.15) is 0 Å². The van der Waals surface area contributed by atoms with Crippen LogP contribution >= 0.6 is 0 Å². The molecule has 0 fully saturated rings. The molecule has 1 rings (SSSR count). The fraction of sp³-hybridized carbons (Fsp3) is 0.625. The van der Waals surface area contributed by atoms with Gasteiger partial charge in [-0.1, -0.05) is 44.2 Å². The highest BCUT2D eigenvalue weighted by atomic mass is 15.1. The first-order valence-electron chi connectivity index (χ1n) is 7.30. The highest BCUT2D eigenvalue weighted by Crippen LogP contribution is 2.15. The molecule has 0 aliphatic carbocycles. The maximum absolute atomic E-state index is 6.21. The van der Waals surface area contributed by atoms with E-state index in [1.165, 1.54) is 44.5 Å². The third-order valence-corrected chi connectivity index (χ3v) is 3.30. The molecule has 0 saturated heterocycles. The largest absolute Gasteiger partial charge is 0.324 e. The monoisotopic (exact) mass is 248 g/mol. The molecule has 18 heavy (non-hydrogen) atoms. The van der Waals surface area contributed by atoms with Gasteiger partial charge in [0.25, 0.3) is 0 Å². The van der Waals surface area contributed by atoms with Crippen molar-refractivity contribution in [3.05, 3.63) is 35.9 Å². The third kappa shape index (κ3) is 5.65. The zero-order chi connectivity index (χ0) is 13.2. The average molecular weight is 248 g/mol. The van der Waals surface area contributed by atoms with Crippen molar-refractivity contribution in [3.8, 4) is 0 Å². The number of benzene rings is 1. The first-order chi connectivity index (χ1) is 8.77. The molecule has 0 spiro atoms. The first-order valence-corrected chi connectivity index (χ1v) is 7.30. The van der Waals surface area contributed by atoms with E-state index in [0.717, 1.165) is 6.42 Å². The number of nitrogens with two attached hydrogens (primary N) is 1. The van der Waals surface area contributed by atoms with Gasteiger partial charge in [0.1, 0.15) is 0 Å². The Morgan fingerprint density at radius 1 is 1.00 bits per heavy atom. The smallest absolute Gasteiger partial charge is 0.0295 e. The van der Waals surface area contributed by atoms with Crippen LogP contribution in [0.5, 0.6) is 0 Å². The minimum atomic E-state index is 0.191. The Balaban J connectivity index is 2.27. The third-order valence-electron chi connectivity index (χ3n) is 3.30. The standard InChI is InChI=1S/C16H28N2/c1-3-12-18(13-4-2)14-8-11-16(17)15-9-6-5-7-10-15/h5-7,9-10,16H,3-4,8,11-14,17H2,1-2H3. The van der Waals surface area contributed by atoms with Crippen LogP contribution in [0.2, 0.25) is 0 Å². The summed E-state index contributed by atoms with van der Waals surface area (Å²) in [6.07, 6.45) is 4.75. The Hall–Kier alpha value is -0.860. The highest BCUT2D eigenvalue weighted by molar-refractivity contribution is 5.18. The summed E-state index contributed by atoms with van der Waals surface area (Å²) in [6, 6.07) is 10.6. The summed E-state index contributed by atoms with van der Waals surface area (Å²) in [6.45, 7) is 8.11. The van der Waals surface area contributed by atoms with E-state index in [0.29, 0.717) is 0 Å². The SMILES string of the molecule is CCCN(CCC)CCCC(N)c1ccccc1. The predicted octanol–water partition coefficient (Wildman–Crippen LogP) is 3.59. The molecule has 0 radical (unpaired) electrons. The van der Waals surface area contributed by atoms with Crippen LogP contribution in [-0.2, 0) is 0 Å². The van der Waals surface area contributed by atoms with E-state index in [-0.39, 0.29) is 6.04 Å². The molecule has 1 aromatic carbocycles. The molecule has 1 unspecified atom stereocenters. The van der Waals surface area contributed by atoms with Gasteiger partial charge in [0.2, 0.25) is 0 Å². The van der Waals surface area contributed by atoms with Gasteiger partial charge in [-0.3, -0.25) is 0 Å². The Morgan fingerprint density at radius 3 is 2.17 bits per heavy atom. The second kappa shape index (κ2) is 9.12. The highest BCUT2D eigenvalue weighted by Gasteiger charge is 2.07. The summed E-state index contributed by atoms with van der Waals surface area (Å²) in [5, 5.41) is 0. The van der Waals surface area contributed by atoms with E-state index in [2.05, 4.69) is 43.0 Å². The molecule has 1 atom stereocenters. The molecular weight excluding hydrogens is 220 g/mol. The summed E-state index contributed by atoms with van der Waals surface area (Å²) < 4.78 is 0. The molecule has 0 aliphatic heterocycles. The normalized spacial score (nSPS) is 12.9. The molecule has 0 bridgehead atoms. The van der Waals surface area contributed by atoms with Crippen molar-refractivity contribution < 1.29 is 0 Å². The fourth-order valence-corrected chi connectivity index (χ4v) is 2.37. The second-order valence-corrected chi connectivity index (χ2v) is 5.00. The van der Waals surface area contributed by atoms with Crippen LogP contribution in [0.1, 0.15) is 51.1 Å². The second-order valence-electron chi connectivity index (χ2n) is 5.00. The topological polar surface area (TPSA) is 29.3 Å². The van der Waals surface area contributed by atoms with Gasteiger partial charge in [-0.15, -0.1) is 0 Å². The van der Waals surface area contributed by atoms with Crippen LogP contribution in [-0.4, -0.2) is 24.5 Å².